The van der Waals surface area contributed by atoms with Crippen molar-refractivity contribution in [2.24, 2.45) is 0 Å². The van der Waals surface area contributed by atoms with Gasteiger partial charge < -0.3 is 19.7 Å². The topological polar surface area (TPSA) is 33.7 Å². The van der Waals surface area contributed by atoms with E-state index in [0.717, 1.165) is 18.2 Å². The number of hydrogen-bond donors (Lipinski definition) is 1. The fourth-order valence-corrected chi connectivity index (χ4v) is 3.01. The van der Waals surface area contributed by atoms with Crippen LogP contribution in [0.15, 0.2) is 36.4 Å². The molecular formula is C18H16ClF3N2O2S. The van der Waals surface area contributed by atoms with Gasteiger partial charge in [-0.3, -0.25) is 0 Å². The fraction of sp³-hybridized carbons (Fsp3) is 0.278. The molecule has 1 unspecified atom stereocenters. The second-order valence-corrected chi connectivity index (χ2v) is 6.70. The molecule has 0 aliphatic carbocycles. The van der Waals surface area contributed by atoms with Crippen LogP contribution in [0.4, 0.5) is 18.9 Å². The van der Waals surface area contributed by atoms with Gasteiger partial charge in [-0.15, -0.1) is 0 Å². The van der Waals surface area contributed by atoms with Crippen LogP contribution >= 0.6 is 23.8 Å². The van der Waals surface area contributed by atoms with Gasteiger partial charge >= 0.3 is 0 Å². The van der Waals surface area contributed by atoms with E-state index in [0.29, 0.717) is 29.8 Å². The number of benzene rings is 2. The molecule has 1 heterocycles. The van der Waals surface area contributed by atoms with Crippen molar-refractivity contribution in [3.8, 4) is 5.75 Å². The summed E-state index contributed by atoms with van der Waals surface area (Å²) in [6, 6.07) is 7.12. The van der Waals surface area contributed by atoms with E-state index in [9.17, 15) is 13.2 Å². The van der Waals surface area contributed by atoms with Crippen LogP contribution in [0.25, 0.3) is 0 Å². The first-order chi connectivity index (χ1) is 12.9. The van der Waals surface area contributed by atoms with Gasteiger partial charge in [-0.2, -0.15) is 0 Å². The highest BCUT2D eigenvalue weighted by Crippen LogP contribution is 2.21. The quantitative estimate of drug-likeness (QED) is 0.754. The largest absolute Gasteiger partial charge is 0.488 e. The second-order valence-electron chi connectivity index (χ2n) is 5.88. The number of rotatable bonds is 4. The van der Waals surface area contributed by atoms with Gasteiger partial charge in [0.05, 0.1) is 12.3 Å². The molecule has 0 amide bonds. The van der Waals surface area contributed by atoms with Crippen molar-refractivity contribution in [1.82, 2.24) is 4.90 Å². The Morgan fingerprint density at radius 3 is 2.81 bits per heavy atom. The number of nitrogens with one attached hydrogen (secondary N) is 1. The van der Waals surface area contributed by atoms with Gasteiger partial charge in [0.25, 0.3) is 0 Å². The highest BCUT2D eigenvalue weighted by Gasteiger charge is 2.24. The van der Waals surface area contributed by atoms with Crippen LogP contribution in [0.3, 0.4) is 0 Å². The molecule has 2 aromatic carbocycles. The number of halogens is 4. The Balaban J connectivity index is 1.57. The summed E-state index contributed by atoms with van der Waals surface area (Å²) >= 11 is 11.2. The monoisotopic (exact) mass is 416 g/mol. The van der Waals surface area contributed by atoms with Gasteiger partial charge in [0, 0.05) is 24.2 Å². The van der Waals surface area contributed by atoms with Gasteiger partial charge in [0.2, 0.25) is 0 Å². The van der Waals surface area contributed by atoms with E-state index in [4.69, 9.17) is 33.3 Å². The highest BCUT2D eigenvalue weighted by molar-refractivity contribution is 7.80. The number of hydrogen-bond acceptors (Lipinski definition) is 3. The van der Waals surface area contributed by atoms with Crippen LogP contribution in [0.2, 0.25) is 5.02 Å². The molecule has 3 rings (SSSR count). The molecule has 1 N–H and O–H groups in total. The van der Waals surface area contributed by atoms with Crippen LogP contribution in [0.5, 0.6) is 5.75 Å². The molecule has 1 saturated heterocycles. The lowest BCUT2D eigenvalue weighted by molar-refractivity contribution is -0.0286. The lowest BCUT2D eigenvalue weighted by Crippen LogP contribution is -2.49. The Labute approximate surface area is 164 Å². The smallest absolute Gasteiger partial charge is 0.173 e. The summed E-state index contributed by atoms with van der Waals surface area (Å²) in [5.74, 6) is -1.90. The third kappa shape index (κ3) is 5.24. The molecule has 144 valence electrons. The maximum Gasteiger partial charge on any atom is 0.173 e. The van der Waals surface area contributed by atoms with Crippen molar-refractivity contribution < 1.29 is 22.6 Å². The predicted octanol–water partition coefficient (Wildman–Crippen LogP) is 4.23. The zero-order chi connectivity index (χ0) is 19.4. The summed E-state index contributed by atoms with van der Waals surface area (Å²) in [6.45, 7) is 1.23. The molecule has 0 aromatic heterocycles. The Morgan fingerprint density at radius 2 is 2.00 bits per heavy atom. The zero-order valence-corrected chi connectivity index (χ0v) is 15.6. The van der Waals surface area contributed by atoms with Crippen molar-refractivity contribution in [2.75, 3.05) is 31.6 Å². The zero-order valence-electron chi connectivity index (χ0n) is 14.1. The molecule has 0 radical (unpaired) electrons. The van der Waals surface area contributed by atoms with Gasteiger partial charge in [-0.1, -0.05) is 11.6 Å². The summed E-state index contributed by atoms with van der Waals surface area (Å²) in [7, 11) is 0. The first-order valence-electron chi connectivity index (χ1n) is 8.13. The Hall–Kier alpha value is -2.03. The van der Waals surface area contributed by atoms with Crippen LogP contribution in [0, 0.1) is 17.5 Å². The van der Waals surface area contributed by atoms with E-state index in [1.165, 1.54) is 18.2 Å². The second kappa shape index (κ2) is 8.77. The molecule has 2 aromatic rings. The molecule has 1 aliphatic heterocycles. The van der Waals surface area contributed by atoms with E-state index in [2.05, 4.69) is 5.32 Å². The number of thiocarbonyl (C=S) groups is 1. The summed E-state index contributed by atoms with van der Waals surface area (Å²) < 4.78 is 51.6. The molecule has 9 heteroatoms. The van der Waals surface area contributed by atoms with E-state index in [1.54, 1.807) is 4.90 Å². The standard InChI is InChI=1S/C18H16ClF3N2O2S/c19-11-1-3-14(21)16(7-11)23-18(27)24-5-6-25-13(9-24)10-26-17-8-12(20)2-4-15(17)22/h1-4,7-8,13H,5-6,9-10H2,(H,23,27). The lowest BCUT2D eigenvalue weighted by atomic mass is 10.2. The van der Waals surface area contributed by atoms with Gasteiger partial charge in [0.15, 0.2) is 16.7 Å². The van der Waals surface area contributed by atoms with E-state index in [1.807, 2.05) is 0 Å². The molecule has 4 nitrogen and oxygen atoms in total. The molecule has 27 heavy (non-hydrogen) atoms. The molecule has 0 saturated carbocycles. The minimum absolute atomic E-state index is 0.0189. The summed E-state index contributed by atoms with van der Waals surface area (Å²) in [4.78, 5) is 1.79. The summed E-state index contributed by atoms with van der Waals surface area (Å²) in [6.07, 6.45) is -0.412. The predicted molar refractivity (Wildman–Crippen MR) is 101 cm³/mol. The Morgan fingerprint density at radius 1 is 1.22 bits per heavy atom. The third-order valence-corrected chi connectivity index (χ3v) is 4.51. The van der Waals surface area contributed by atoms with Crippen LogP contribution in [0.1, 0.15) is 0 Å². The first-order valence-corrected chi connectivity index (χ1v) is 8.91. The normalized spacial score (nSPS) is 16.9. The van der Waals surface area contributed by atoms with Crippen molar-refractivity contribution in [2.45, 2.75) is 6.10 Å². The first kappa shape index (κ1) is 19.7. The minimum atomic E-state index is -0.655. The van der Waals surface area contributed by atoms with Crippen molar-refractivity contribution in [3.05, 3.63) is 58.9 Å². The number of morpholine rings is 1. The number of anilines is 1. The average Bonchev–Trinajstić information content (AvgIpc) is 2.65. The molecular weight excluding hydrogens is 401 g/mol. The van der Waals surface area contributed by atoms with Crippen molar-refractivity contribution in [1.29, 1.82) is 0 Å². The van der Waals surface area contributed by atoms with Crippen LogP contribution in [-0.2, 0) is 4.74 Å². The summed E-state index contributed by atoms with van der Waals surface area (Å²) in [5.41, 5.74) is 0.175. The third-order valence-electron chi connectivity index (χ3n) is 3.91. The average molecular weight is 417 g/mol. The van der Waals surface area contributed by atoms with Gasteiger partial charge in [0.1, 0.15) is 24.3 Å². The lowest BCUT2D eigenvalue weighted by Gasteiger charge is -2.34. The number of ether oxygens (including phenoxy) is 2. The maximum atomic E-state index is 13.8. The van der Waals surface area contributed by atoms with Crippen LogP contribution in [-0.4, -0.2) is 42.4 Å². The van der Waals surface area contributed by atoms with Crippen molar-refractivity contribution in [3.63, 3.8) is 0 Å². The SMILES string of the molecule is Fc1ccc(F)c(OCC2CN(C(=S)Nc3cc(Cl)ccc3F)CCO2)c1. The van der Waals surface area contributed by atoms with Gasteiger partial charge in [-0.05, 0) is 42.5 Å². The Kier molecular flexibility index (Phi) is 6.41. The summed E-state index contributed by atoms with van der Waals surface area (Å²) in [5, 5.41) is 3.51. The van der Waals surface area contributed by atoms with Gasteiger partial charge in [-0.25, -0.2) is 13.2 Å². The molecule has 1 atom stereocenters. The fourth-order valence-electron chi connectivity index (χ4n) is 2.56. The number of nitrogens with zero attached hydrogens (tertiary/aromatic N) is 1. The van der Waals surface area contributed by atoms with E-state index < -0.39 is 23.6 Å². The van der Waals surface area contributed by atoms with E-state index >= 15 is 0 Å². The Bertz CT molecular complexity index is 840. The van der Waals surface area contributed by atoms with E-state index in [-0.39, 0.29) is 18.0 Å². The highest BCUT2D eigenvalue weighted by atomic mass is 35.5. The van der Waals surface area contributed by atoms with Crippen molar-refractivity contribution >= 4 is 34.6 Å². The molecule has 1 fully saturated rings. The minimum Gasteiger partial charge on any atom is -0.488 e. The molecule has 0 spiro atoms. The van der Waals surface area contributed by atoms with Crippen LogP contribution < -0.4 is 10.1 Å². The molecule has 0 bridgehead atoms. The maximum absolute atomic E-state index is 13.8. The molecule has 1 aliphatic rings.